The van der Waals surface area contributed by atoms with E-state index in [4.69, 9.17) is 14.2 Å². The van der Waals surface area contributed by atoms with E-state index in [-0.39, 0.29) is 31.1 Å². The molecule has 1 atom stereocenters. The second kappa shape index (κ2) is 71.8. The molecule has 0 rings (SSSR count). The molecule has 0 heterocycles. The van der Waals surface area contributed by atoms with E-state index in [0.29, 0.717) is 19.3 Å². The number of allylic oxidation sites excluding steroid dienone is 8. The van der Waals surface area contributed by atoms with Crippen LogP contribution in [0.4, 0.5) is 0 Å². The van der Waals surface area contributed by atoms with Crippen molar-refractivity contribution in [3.8, 4) is 0 Å². The molecular weight excluding hydrogens is 1020 g/mol. The van der Waals surface area contributed by atoms with Crippen LogP contribution in [0.25, 0.3) is 0 Å². The topological polar surface area (TPSA) is 78.9 Å². The second-order valence-corrected chi connectivity index (χ2v) is 25.2. The zero-order chi connectivity index (χ0) is 59.9. The summed E-state index contributed by atoms with van der Waals surface area (Å²) in [4.78, 5) is 38.5. The Morgan fingerprint density at radius 2 is 0.434 bits per heavy atom. The summed E-state index contributed by atoms with van der Waals surface area (Å²) in [7, 11) is 0. The van der Waals surface area contributed by atoms with Crippen molar-refractivity contribution >= 4 is 17.9 Å². The predicted octanol–water partition coefficient (Wildman–Crippen LogP) is 25.7. The van der Waals surface area contributed by atoms with Crippen LogP contribution in [0, 0.1) is 0 Å². The first-order chi connectivity index (χ1) is 41.0. The highest BCUT2D eigenvalue weighted by molar-refractivity contribution is 5.71. The molecule has 83 heavy (non-hydrogen) atoms. The Morgan fingerprint density at radius 1 is 0.241 bits per heavy atom. The van der Waals surface area contributed by atoms with Gasteiger partial charge in [0.1, 0.15) is 13.2 Å². The lowest BCUT2D eigenvalue weighted by Gasteiger charge is -2.18. The van der Waals surface area contributed by atoms with Crippen LogP contribution in [0.3, 0.4) is 0 Å². The van der Waals surface area contributed by atoms with Crippen molar-refractivity contribution < 1.29 is 28.6 Å². The van der Waals surface area contributed by atoms with Gasteiger partial charge in [0.25, 0.3) is 0 Å². The molecule has 0 radical (unpaired) electrons. The summed E-state index contributed by atoms with van der Waals surface area (Å²) in [6.07, 6.45) is 91.5. The first-order valence-electron chi connectivity index (χ1n) is 37.1. The monoisotopic (exact) mass is 1160 g/mol. The van der Waals surface area contributed by atoms with Gasteiger partial charge in [-0.3, -0.25) is 14.4 Å². The zero-order valence-electron chi connectivity index (χ0n) is 56.0. The van der Waals surface area contributed by atoms with Crippen molar-refractivity contribution in [2.75, 3.05) is 13.2 Å². The molecule has 0 spiro atoms. The Morgan fingerprint density at radius 3 is 0.675 bits per heavy atom. The van der Waals surface area contributed by atoms with E-state index in [0.717, 1.165) is 70.6 Å². The van der Waals surface area contributed by atoms with E-state index in [1.165, 1.54) is 295 Å². The van der Waals surface area contributed by atoms with Crippen molar-refractivity contribution in [2.45, 2.75) is 412 Å². The van der Waals surface area contributed by atoms with E-state index >= 15 is 0 Å². The molecule has 0 amide bonds. The maximum atomic E-state index is 13.0. The number of rotatable bonds is 69. The number of unbranched alkanes of at least 4 members (excludes halogenated alkanes) is 50. The Bertz CT molecular complexity index is 1430. The molecule has 0 fully saturated rings. The van der Waals surface area contributed by atoms with Crippen molar-refractivity contribution in [1.29, 1.82) is 0 Å². The summed E-state index contributed by atoms with van der Waals surface area (Å²) in [5.74, 6) is -0.855. The Labute approximate surface area is 518 Å². The minimum atomic E-state index is -0.777. The second-order valence-electron chi connectivity index (χ2n) is 25.2. The average molecular weight is 1160 g/mol. The number of ether oxygens (including phenoxy) is 3. The number of esters is 3. The predicted molar refractivity (Wildman–Crippen MR) is 362 cm³/mol. The fourth-order valence-corrected chi connectivity index (χ4v) is 11.2. The highest BCUT2D eigenvalue weighted by Crippen LogP contribution is 2.18. The Balaban J connectivity index is 4.20. The smallest absolute Gasteiger partial charge is 0.306 e. The fourth-order valence-electron chi connectivity index (χ4n) is 11.2. The van der Waals surface area contributed by atoms with Gasteiger partial charge in [-0.25, -0.2) is 0 Å². The summed E-state index contributed by atoms with van der Waals surface area (Å²) < 4.78 is 17.0. The Kier molecular flexibility index (Phi) is 69.6. The minimum Gasteiger partial charge on any atom is -0.462 e. The molecule has 0 N–H and O–H groups in total. The lowest BCUT2D eigenvalue weighted by molar-refractivity contribution is -0.167. The van der Waals surface area contributed by atoms with Crippen LogP contribution >= 0.6 is 0 Å². The van der Waals surface area contributed by atoms with E-state index in [9.17, 15) is 14.4 Å². The summed E-state index contributed by atoms with van der Waals surface area (Å²) in [6, 6.07) is 0. The standard InChI is InChI=1S/C77H142O6/c1-4-7-10-13-16-19-22-25-28-30-32-33-34-35-36-37-38-39-40-41-42-43-45-46-49-52-55-58-61-64-67-70-76(79)82-73-74(72-81-75(78)69-66-63-60-57-54-51-48-27-24-21-18-15-12-9-6-3)83-77(80)71-68-65-62-59-56-53-50-47-44-31-29-26-23-20-17-14-11-8-5-2/h22,25-27,29-30,32,48,74H,4-21,23-24,28,31,33-47,49-73H2,1-3H3/b25-22-,29-26-,32-30-,48-27-. The highest BCUT2D eigenvalue weighted by Gasteiger charge is 2.19. The fraction of sp³-hybridized carbons (Fsp3) is 0.857. The Hall–Kier alpha value is -2.63. The summed E-state index contributed by atoms with van der Waals surface area (Å²) in [6.45, 7) is 6.68. The van der Waals surface area contributed by atoms with E-state index < -0.39 is 6.10 Å². The van der Waals surface area contributed by atoms with Gasteiger partial charge in [-0.1, -0.05) is 333 Å². The van der Waals surface area contributed by atoms with Gasteiger partial charge in [-0.05, 0) is 103 Å². The molecule has 6 heteroatoms. The number of hydrogen-bond acceptors (Lipinski definition) is 6. The molecule has 0 aliphatic heterocycles. The number of carbonyl (C=O) groups is 3. The summed E-state index contributed by atoms with van der Waals surface area (Å²) in [5, 5.41) is 0. The largest absolute Gasteiger partial charge is 0.462 e. The van der Waals surface area contributed by atoms with Gasteiger partial charge in [0, 0.05) is 19.3 Å². The molecular formula is C77H142O6. The summed E-state index contributed by atoms with van der Waals surface area (Å²) >= 11 is 0. The van der Waals surface area contributed by atoms with Gasteiger partial charge in [-0.15, -0.1) is 0 Å². The van der Waals surface area contributed by atoms with Crippen molar-refractivity contribution in [3.05, 3.63) is 48.6 Å². The minimum absolute atomic E-state index is 0.0719. The third kappa shape index (κ3) is 70.0. The highest BCUT2D eigenvalue weighted by atomic mass is 16.6. The first kappa shape index (κ1) is 80.4. The van der Waals surface area contributed by atoms with E-state index in [2.05, 4.69) is 69.4 Å². The maximum Gasteiger partial charge on any atom is 0.306 e. The van der Waals surface area contributed by atoms with E-state index in [1.807, 2.05) is 0 Å². The average Bonchev–Trinajstić information content (AvgIpc) is 3.49. The normalized spacial score (nSPS) is 12.3. The van der Waals surface area contributed by atoms with Crippen LogP contribution in [0.2, 0.25) is 0 Å². The first-order valence-corrected chi connectivity index (χ1v) is 37.1. The molecule has 0 saturated heterocycles. The van der Waals surface area contributed by atoms with Gasteiger partial charge >= 0.3 is 17.9 Å². The molecule has 1 unspecified atom stereocenters. The number of carbonyl (C=O) groups excluding carboxylic acids is 3. The molecule has 0 aromatic rings. The molecule has 486 valence electrons. The SMILES string of the molecule is CCCCCCC/C=C\C/C=C\CCCCCCCCCCCCCCCCCCCCCC(=O)OCC(COC(=O)CCCCCCC/C=C\CCCCCCCC)OC(=O)CCCCCCCCCCC/C=C\CCCCCCCC. The van der Waals surface area contributed by atoms with Crippen LogP contribution in [0.5, 0.6) is 0 Å². The third-order valence-electron chi connectivity index (χ3n) is 16.8. The lowest BCUT2D eigenvalue weighted by Crippen LogP contribution is -2.30. The lowest BCUT2D eigenvalue weighted by atomic mass is 10.0. The zero-order valence-corrected chi connectivity index (χ0v) is 56.0. The molecule has 6 nitrogen and oxygen atoms in total. The van der Waals surface area contributed by atoms with Crippen molar-refractivity contribution in [1.82, 2.24) is 0 Å². The number of hydrogen-bond donors (Lipinski definition) is 0. The summed E-state index contributed by atoms with van der Waals surface area (Å²) in [5.41, 5.74) is 0. The van der Waals surface area contributed by atoms with E-state index in [1.54, 1.807) is 0 Å². The van der Waals surface area contributed by atoms with Crippen LogP contribution in [0.1, 0.15) is 406 Å². The van der Waals surface area contributed by atoms with Gasteiger partial charge in [0.15, 0.2) is 6.10 Å². The molecule has 0 bridgehead atoms. The van der Waals surface area contributed by atoms with Crippen LogP contribution in [-0.2, 0) is 28.6 Å². The van der Waals surface area contributed by atoms with Crippen molar-refractivity contribution in [2.24, 2.45) is 0 Å². The van der Waals surface area contributed by atoms with Crippen LogP contribution in [0.15, 0.2) is 48.6 Å². The molecule has 0 aliphatic rings. The third-order valence-corrected chi connectivity index (χ3v) is 16.8. The van der Waals surface area contributed by atoms with Crippen LogP contribution < -0.4 is 0 Å². The van der Waals surface area contributed by atoms with Gasteiger partial charge in [0.2, 0.25) is 0 Å². The van der Waals surface area contributed by atoms with Crippen LogP contribution in [-0.4, -0.2) is 37.2 Å². The van der Waals surface area contributed by atoms with Gasteiger partial charge in [-0.2, -0.15) is 0 Å². The van der Waals surface area contributed by atoms with Crippen molar-refractivity contribution in [3.63, 3.8) is 0 Å². The molecule has 0 saturated carbocycles. The molecule has 0 aromatic heterocycles. The quantitative estimate of drug-likeness (QED) is 0.0261. The van der Waals surface area contributed by atoms with Gasteiger partial charge in [0.05, 0.1) is 0 Å². The molecule has 0 aromatic carbocycles. The maximum absolute atomic E-state index is 13.0. The van der Waals surface area contributed by atoms with Gasteiger partial charge < -0.3 is 14.2 Å². The molecule has 0 aliphatic carbocycles.